The minimum absolute atomic E-state index is 0.139. The SMILES string of the molecule is O=C(NC1CC1)[C@@H](Sc1cc(F)ccc1F)c1ccccc1. The average molecular weight is 319 g/mol. The lowest BCUT2D eigenvalue weighted by atomic mass is 10.1. The molecule has 0 aromatic heterocycles. The Morgan fingerprint density at radius 3 is 2.55 bits per heavy atom. The van der Waals surface area contributed by atoms with Gasteiger partial charge < -0.3 is 5.32 Å². The van der Waals surface area contributed by atoms with Crippen molar-refractivity contribution in [3.8, 4) is 0 Å². The van der Waals surface area contributed by atoms with E-state index >= 15 is 0 Å². The fourth-order valence-electron chi connectivity index (χ4n) is 2.10. The van der Waals surface area contributed by atoms with Crippen LogP contribution in [0, 0.1) is 11.6 Å². The molecule has 1 N–H and O–H groups in total. The molecule has 0 spiro atoms. The van der Waals surface area contributed by atoms with Gasteiger partial charge in [0.05, 0.1) is 0 Å². The van der Waals surface area contributed by atoms with Crippen LogP contribution in [0.4, 0.5) is 8.78 Å². The van der Waals surface area contributed by atoms with Crippen LogP contribution >= 0.6 is 11.8 Å². The van der Waals surface area contributed by atoms with Crippen molar-refractivity contribution in [2.75, 3.05) is 0 Å². The normalized spacial score (nSPS) is 15.4. The molecule has 1 aliphatic rings. The molecule has 22 heavy (non-hydrogen) atoms. The van der Waals surface area contributed by atoms with Crippen molar-refractivity contribution in [2.24, 2.45) is 0 Å². The molecule has 0 heterocycles. The molecular formula is C17H15F2NOS. The van der Waals surface area contributed by atoms with Crippen LogP contribution in [0.2, 0.25) is 0 Å². The number of rotatable bonds is 5. The van der Waals surface area contributed by atoms with E-state index in [2.05, 4.69) is 5.32 Å². The lowest BCUT2D eigenvalue weighted by Gasteiger charge is -2.17. The van der Waals surface area contributed by atoms with E-state index in [0.29, 0.717) is 0 Å². The molecule has 0 unspecified atom stereocenters. The third kappa shape index (κ3) is 3.65. The van der Waals surface area contributed by atoms with Crippen LogP contribution in [0.15, 0.2) is 53.4 Å². The summed E-state index contributed by atoms with van der Waals surface area (Å²) in [6.45, 7) is 0. The molecule has 0 saturated heterocycles. The van der Waals surface area contributed by atoms with Crippen molar-refractivity contribution in [3.63, 3.8) is 0 Å². The monoisotopic (exact) mass is 319 g/mol. The summed E-state index contributed by atoms with van der Waals surface area (Å²) in [5, 5.41) is 2.33. The van der Waals surface area contributed by atoms with Gasteiger partial charge in [-0.2, -0.15) is 0 Å². The van der Waals surface area contributed by atoms with Gasteiger partial charge in [-0.15, -0.1) is 11.8 Å². The van der Waals surface area contributed by atoms with E-state index in [-0.39, 0.29) is 16.8 Å². The number of halogens is 2. The van der Waals surface area contributed by atoms with Crippen molar-refractivity contribution in [1.82, 2.24) is 5.32 Å². The molecule has 2 aromatic rings. The van der Waals surface area contributed by atoms with E-state index < -0.39 is 16.9 Å². The zero-order valence-electron chi connectivity index (χ0n) is 11.8. The van der Waals surface area contributed by atoms with Crippen molar-refractivity contribution in [3.05, 3.63) is 65.7 Å². The van der Waals surface area contributed by atoms with Crippen LogP contribution in [0.5, 0.6) is 0 Å². The van der Waals surface area contributed by atoms with E-state index in [1.54, 1.807) is 0 Å². The highest BCUT2D eigenvalue weighted by molar-refractivity contribution is 8.00. The summed E-state index contributed by atoms with van der Waals surface area (Å²) in [5.41, 5.74) is 0.773. The van der Waals surface area contributed by atoms with Crippen LogP contribution in [-0.4, -0.2) is 11.9 Å². The number of nitrogens with one attached hydrogen (secondary N) is 1. The first-order chi connectivity index (χ1) is 10.6. The Bertz CT molecular complexity index is 674. The van der Waals surface area contributed by atoms with E-state index in [0.717, 1.165) is 48.4 Å². The van der Waals surface area contributed by atoms with E-state index in [9.17, 15) is 13.6 Å². The van der Waals surface area contributed by atoms with Gasteiger partial charge in [-0.05, 0) is 36.6 Å². The van der Waals surface area contributed by atoms with Gasteiger partial charge in [-0.1, -0.05) is 30.3 Å². The summed E-state index contributed by atoms with van der Waals surface area (Å²) >= 11 is 1.03. The summed E-state index contributed by atoms with van der Waals surface area (Å²) < 4.78 is 27.2. The maximum atomic E-state index is 13.9. The molecule has 2 aromatic carbocycles. The van der Waals surface area contributed by atoms with Crippen molar-refractivity contribution in [2.45, 2.75) is 29.0 Å². The highest BCUT2D eigenvalue weighted by Crippen LogP contribution is 2.37. The van der Waals surface area contributed by atoms with Crippen LogP contribution < -0.4 is 5.32 Å². The molecule has 3 rings (SSSR count). The van der Waals surface area contributed by atoms with Crippen LogP contribution in [0.3, 0.4) is 0 Å². The number of carbonyl (C=O) groups is 1. The van der Waals surface area contributed by atoms with Crippen molar-refractivity contribution >= 4 is 17.7 Å². The fraction of sp³-hybridized carbons (Fsp3) is 0.235. The quantitative estimate of drug-likeness (QED) is 0.842. The summed E-state index contributed by atoms with van der Waals surface area (Å²) in [4.78, 5) is 12.6. The number of thioether (sulfide) groups is 1. The predicted molar refractivity (Wildman–Crippen MR) is 82.6 cm³/mol. The first kappa shape index (κ1) is 15.0. The largest absolute Gasteiger partial charge is 0.352 e. The molecular weight excluding hydrogens is 304 g/mol. The summed E-state index contributed by atoms with van der Waals surface area (Å²) in [5.74, 6) is -1.20. The van der Waals surface area contributed by atoms with Gasteiger partial charge in [0.2, 0.25) is 5.91 Å². The molecule has 1 amide bonds. The molecule has 1 saturated carbocycles. The Hall–Kier alpha value is -1.88. The zero-order valence-corrected chi connectivity index (χ0v) is 12.6. The average Bonchev–Trinajstić information content (AvgIpc) is 3.33. The van der Waals surface area contributed by atoms with E-state index in [1.807, 2.05) is 30.3 Å². The smallest absolute Gasteiger partial charge is 0.238 e. The van der Waals surface area contributed by atoms with Gasteiger partial charge in [0.25, 0.3) is 0 Å². The molecule has 2 nitrogen and oxygen atoms in total. The first-order valence-electron chi connectivity index (χ1n) is 7.10. The molecule has 114 valence electrons. The third-order valence-corrected chi connectivity index (χ3v) is 4.69. The van der Waals surface area contributed by atoms with Crippen LogP contribution in [0.25, 0.3) is 0 Å². The van der Waals surface area contributed by atoms with E-state index in [1.165, 1.54) is 0 Å². The molecule has 0 aliphatic heterocycles. The number of amides is 1. The second-order valence-corrected chi connectivity index (χ2v) is 6.41. The van der Waals surface area contributed by atoms with Crippen molar-refractivity contribution in [1.29, 1.82) is 0 Å². The van der Waals surface area contributed by atoms with Crippen LogP contribution in [0.1, 0.15) is 23.7 Å². The van der Waals surface area contributed by atoms with E-state index in [4.69, 9.17) is 0 Å². The predicted octanol–water partition coefficient (Wildman–Crippen LogP) is 4.08. The molecule has 1 atom stereocenters. The number of carbonyl (C=O) groups excluding carboxylic acids is 1. The Morgan fingerprint density at radius 2 is 1.86 bits per heavy atom. The van der Waals surface area contributed by atoms with Gasteiger partial charge in [-0.25, -0.2) is 8.78 Å². The Morgan fingerprint density at radius 1 is 1.14 bits per heavy atom. The second-order valence-electron chi connectivity index (χ2n) is 5.27. The Labute approximate surface area is 131 Å². The molecule has 5 heteroatoms. The minimum atomic E-state index is -0.599. The maximum Gasteiger partial charge on any atom is 0.238 e. The highest BCUT2D eigenvalue weighted by Gasteiger charge is 2.29. The van der Waals surface area contributed by atoms with Crippen LogP contribution in [-0.2, 0) is 4.79 Å². The second kappa shape index (κ2) is 6.48. The number of hydrogen-bond acceptors (Lipinski definition) is 2. The maximum absolute atomic E-state index is 13.9. The topological polar surface area (TPSA) is 29.1 Å². The third-order valence-electron chi connectivity index (χ3n) is 3.40. The molecule has 1 fully saturated rings. The van der Waals surface area contributed by atoms with Gasteiger partial charge in [0.1, 0.15) is 16.9 Å². The minimum Gasteiger partial charge on any atom is -0.352 e. The zero-order chi connectivity index (χ0) is 15.5. The Balaban J connectivity index is 1.87. The van der Waals surface area contributed by atoms with Gasteiger partial charge in [-0.3, -0.25) is 4.79 Å². The van der Waals surface area contributed by atoms with Gasteiger partial charge >= 0.3 is 0 Å². The number of hydrogen-bond donors (Lipinski definition) is 1. The Kier molecular flexibility index (Phi) is 4.43. The molecule has 1 aliphatic carbocycles. The van der Waals surface area contributed by atoms with Crippen molar-refractivity contribution < 1.29 is 13.6 Å². The highest BCUT2D eigenvalue weighted by atomic mass is 32.2. The molecule has 0 bridgehead atoms. The fourth-order valence-corrected chi connectivity index (χ4v) is 3.18. The standard InChI is InChI=1S/C17H15F2NOS/c18-12-6-9-14(19)15(10-12)22-16(11-4-2-1-3-5-11)17(21)20-13-7-8-13/h1-6,9-10,13,16H,7-8H2,(H,20,21)/t16-/m0/s1. The first-order valence-corrected chi connectivity index (χ1v) is 7.98. The summed E-state index contributed by atoms with van der Waals surface area (Å²) in [7, 11) is 0. The van der Waals surface area contributed by atoms with Gasteiger partial charge in [0.15, 0.2) is 0 Å². The summed E-state index contributed by atoms with van der Waals surface area (Å²) in [6, 6.07) is 12.6. The summed E-state index contributed by atoms with van der Waals surface area (Å²) in [6.07, 6.45) is 1.96. The lowest BCUT2D eigenvalue weighted by Crippen LogP contribution is -2.29. The van der Waals surface area contributed by atoms with Gasteiger partial charge in [0, 0.05) is 10.9 Å². The molecule has 0 radical (unpaired) electrons. The number of benzene rings is 2. The lowest BCUT2D eigenvalue weighted by molar-refractivity contribution is -0.120.